The minimum Gasteiger partial charge on any atom is -0.393 e. The summed E-state index contributed by atoms with van der Waals surface area (Å²) in [6.45, 7) is 3.73. The molecule has 212 valence electrons. The fourth-order valence-electron chi connectivity index (χ4n) is 5.84. The van der Waals surface area contributed by atoms with Gasteiger partial charge >= 0.3 is 0 Å². The molecule has 1 N–H and O–H groups in total. The van der Waals surface area contributed by atoms with Gasteiger partial charge in [0.1, 0.15) is 17.2 Å². The molecule has 1 unspecified atom stereocenters. The zero-order valence-electron chi connectivity index (χ0n) is 23.2. The van der Waals surface area contributed by atoms with E-state index in [1.165, 1.54) is 0 Å². The standard InChI is InChI=1S/C30H35ClFN5O3/c1-18(38)36-11-13-37(14-12-36)30-23-17-24(31)27(22-16-20(39)15-19-7-4-5-8-21(19)22)28(32)29(23)33-25(34-30)9-6-10-26(40)35(2)3/h4-5,7-8,17,20,22,39H,6,9-16H2,1-3H3/t20?,22-/m0/s1. The van der Waals surface area contributed by atoms with Gasteiger partial charge in [-0.05, 0) is 36.5 Å². The van der Waals surface area contributed by atoms with E-state index < -0.39 is 17.8 Å². The molecule has 40 heavy (non-hydrogen) atoms. The normalized spacial score (nSPS) is 19.1. The van der Waals surface area contributed by atoms with E-state index in [2.05, 4.69) is 4.98 Å². The Morgan fingerprint density at radius 2 is 1.88 bits per heavy atom. The monoisotopic (exact) mass is 567 g/mol. The maximum atomic E-state index is 16.6. The van der Waals surface area contributed by atoms with E-state index in [1.807, 2.05) is 29.2 Å². The largest absolute Gasteiger partial charge is 0.393 e. The Hall–Kier alpha value is -3.30. The Balaban J connectivity index is 1.59. The molecule has 1 saturated heterocycles. The van der Waals surface area contributed by atoms with Crippen molar-refractivity contribution < 1.29 is 19.1 Å². The van der Waals surface area contributed by atoms with Crippen LogP contribution in [0, 0.1) is 5.82 Å². The van der Waals surface area contributed by atoms with Crippen molar-refractivity contribution >= 4 is 40.1 Å². The van der Waals surface area contributed by atoms with Gasteiger partial charge in [-0.1, -0.05) is 35.9 Å². The SMILES string of the molecule is CC(=O)N1CCN(c2nc(CCCC(=O)N(C)C)nc3c(F)c([C@H]4CC(O)Cc5ccccc54)c(Cl)cc23)CC1. The number of aromatic nitrogens is 2. The van der Waals surface area contributed by atoms with Gasteiger partial charge in [-0.3, -0.25) is 9.59 Å². The molecule has 2 atom stereocenters. The number of carbonyl (C=O) groups excluding carboxylic acids is 2. The van der Waals surface area contributed by atoms with Crippen LogP contribution in [0.4, 0.5) is 10.2 Å². The van der Waals surface area contributed by atoms with Crippen molar-refractivity contribution in [1.82, 2.24) is 19.8 Å². The Kier molecular flexibility index (Phi) is 8.24. The summed E-state index contributed by atoms with van der Waals surface area (Å²) in [7, 11) is 3.43. The van der Waals surface area contributed by atoms with E-state index in [1.54, 1.807) is 36.9 Å². The van der Waals surface area contributed by atoms with E-state index in [4.69, 9.17) is 16.6 Å². The number of piperazine rings is 1. The first-order valence-corrected chi connectivity index (χ1v) is 14.2. The van der Waals surface area contributed by atoms with E-state index >= 15 is 4.39 Å². The van der Waals surface area contributed by atoms with E-state index in [0.29, 0.717) is 80.9 Å². The maximum absolute atomic E-state index is 16.6. The zero-order valence-corrected chi connectivity index (χ0v) is 23.9. The number of anilines is 1. The van der Waals surface area contributed by atoms with Gasteiger partial charge in [0, 0.05) is 81.9 Å². The molecule has 10 heteroatoms. The number of aryl methyl sites for hydroxylation is 1. The van der Waals surface area contributed by atoms with Crippen LogP contribution < -0.4 is 4.90 Å². The van der Waals surface area contributed by atoms with Crippen molar-refractivity contribution in [1.29, 1.82) is 0 Å². The predicted octanol–water partition coefficient (Wildman–Crippen LogP) is 3.94. The summed E-state index contributed by atoms with van der Waals surface area (Å²) in [6.07, 6.45) is 1.57. The molecule has 0 spiro atoms. The summed E-state index contributed by atoms with van der Waals surface area (Å²) < 4.78 is 16.6. The number of fused-ring (bicyclic) bond motifs is 2. The average Bonchev–Trinajstić information content (AvgIpc) is 2.93. The van der Waals surface area contributed by atoms with Crippen molar-refractivity contribution in [2.75, 3.05) is 45.2 Å². The minimum absolute atomic E-state index is 0.0103. The molecule has 5 rings (SSSR count). The van der Waals surface area contributed by atoms with Crippen LogP contribution in [0.15, 0.2) is 30.3 Å². The third-order valence-corrected chi connectivity index (χ3v) is 8.31. The molecular weight excluding hydrogens is 533 g/mol. The van der Waals surface area contributed by atoms with Gasteiger partial charge in [0.2, 0.25) is 11.8 Å². The van der Waals surface area contributed by atoms with Crippen LogP contribution in [0.3, 0.4) is 0 Å². The fourth-order valence-corrected chi connectivity index (χ4v) is 6.16. The first-order chi connectivity index (χ1) is 19.1. The third-order valence-electron chi connectivity index (χ3n) is 8.00. The van der Waals surface area contributed by atoms with Crippen molar-refractivity contribution in [3.8, 4) is 0 Å². The second kappa shape index (κ2) is 11.7. The summed E-state index contributed by atoms with van der Waals surface area (Å²) in [5.74, 6) is 0.157. The Morgan fingerprint density at radius 1 is 1.15 bits per heavy atom. The van der Waals surface area contributed by atoms with Gasteiger partial charge in [-0.25, -0.2) is 14.4 Å². The molecule has 1 aliphatic heterocycles. The quantitative estimate of drug-likeness (QED) is 0.485. The fraction of sp³-hybridized carbons (Fsp3) is 0.467. The number of nitrogens with zero attached hydrogens (tertiary/aromatic N) is 5. The molecule has 1 fully saturated rings. The van der Waals surface area contributed by atoms with E-state index in [9.17, 15) is 14.7 Å². The number of rotatable bonds is 6. The lowest BCUT2D eigenvalue weighted by Gasteiger charge is -2.35. The Labute approximate surface area is 238 Å². The highest BCUT2D eigenvalue weighted by molar-refractivity contribution is 6.32. The maximum Gasteiger partial charge on any atom is 0.222 e. The minimum atomic E-state index is -0.602. The average molecular weight is 568 g/mol. The summed E-state index contributed by atoms with van der Waals surface area (Å²) >= 11 is 6.83. The molecule has 3 aromatic rings. The topological polar surface area (TPSA) is 89.9 Å². The Morgan fingerprint density at radius 3 is 2.58 bits per heavy atom. The molecule has 8 nitrogen and oxygen atoms in total. The highest BCUT2D eigenvalue weighted by Gasteiger charge is 2.32. The number of halogens is 2. The first-order valence-electron chi connectivity index (χ1n) is 13.8. The smallest absolute Gasteiger partial charge is 0.222 e. The molecule has 2 aliphatic rings. The van der Waals surface area contributed by atoms with Crippen molar-refractivity contribution in [2.45, 2.75) is 51.0 Å². The molecule has 2 amide bonds. The Bertz CT molecular complexity index is 1440. The second-order valence-corrected chi connectivity index (χ2v) is 11.3. The molecule has 0 bridgehead atoms. The molecular formula is C30H35ClFN5O3. The number of hydrogen-bond donors (Lipinski definition) is 1. The summed E-state index contributed by atoms with van der Waals surface area (Å²) in [5.41, 5.74) is 2.47. The summed E-state index contributed by atoms with van der Waals surface area (Å²) in [6, 6.07) is 9.52. The predicted molar refractivity (Wildman–Crippen MR) is 153 cm³/mol. The zero-order chi connectivity index (χ0) is 28.6. The molecule has 2 aromatic carbocycles. The highest BCUT2D eigenvalue weighted by Crippen LogP contribution is 2.43. The number of aliphatic hydroxyl groups is 1. The van der Waals surface area contributed by atoms with Crippen LogP contribution in [-0.4, -0.2) is 83.1 Å². The second-order valence-electron chi connectivity index (χ2n) is 10.9. The molecule has 1 aliphatic carbocycles. The highest BCUT2D eigenvalue weighted by atomic mass is 35.5. The molecule has 2 heterocycles. The molecule has 0 radical (unpaired) electrons. The molecule has 1 aromatic heterocycles. The lowest BCUT2D eigenvalue weighted by molar-refractivity contribution is -0.129. The van der Waals surface area contributed by atoms with Gasteiger partial charge in [-0.2, -0.15) is 0 Å². The van der Waals surface area contributed by atoms with Crippen LogP contribution in [0.1, 0.15) is 54.6 Å². The number of aliphatic hydroxyl groups excluding tert-OH is 1. The van der Waals surface area contributed by atoms with Crippen LogP contribution in [0.2, 0.25) is 5.02 Å². The van der Waals surface area contributed by atoms with Gasteiger partial charge in [0.15, 0.2) is 5.82 Å². The number of amides is 2. The van der Waals surface area contributed by atoms with Crippen molar-refractivity contribution in [3.05, 3.63) is 63.7 Å². The summed E-state index contributed by atoms with van der Waals surface area (Å²) in [5, 5.41) is 11.4. The van der Waals surface area contributed by atoms with Gasteiger partial charge in [0.25, 0.3) is 0 Å². The summed E-state index contributed by atoms with van der Waals surface area (Å²) in [4.78, 5) is 38.9. The van der Waals surface area contributed by atoms with Crippen molar-refractivity contribution in [3.63, 3.8) is 0 Å². The van der Waals surface area contributed by atoms with Gasteiger partial charge in [0.05, 0.1) is 6.10 Å². The first kappa shape index (κ1) is 28.2. The lowest BCUT2D eigenvalue weighted by Crippen LogP contribution is -2.48. The van der Waals surface area contributed by atoms with Crippen LogP contribution in [0.5, 0.6) is 0 Å². The van der Waals surface area contributed by atoms with Crippen LogP contribution >= 0.6 is 11.6 Å². The van der Waals surface area contributed by atoms with Gasteiger partial charge < -0.3 is 19.8 Å². The number of hydrogen-bond acceptors (Lipinski definition) is 6. The number of benzene rings is 2. The van der Waals surface area contributed by atoms with Gasteiger partial charge in [-0.15, -0.1) is 0 Å². The third kappa shape index (κ3) is 5.63. The molecule has 0 saturated carbocycles. The van der Waals surface area contributed by atoms with Crippen LogP contribution in [-0.2, 0) is 22.4 Å². The van der Waals surface area contributed by atoms with E-state index in [-0.39, 0.29) is 22.4 Å². The lowest BCUT2D eigenvalue weighted by atomic mass is 9.77. The van der Waals surface area contributed by atoms with E-state index in [0.717, 1.165) is 11.1 Å². The van der Waals surface area contributed by atoms with Crippen LogP contribution in [0.25, 0.3) is 10.9 Å². The number of carbonyl (C=O) groups is 2. The van der Waals surface area contributed by atoms with Crippen molar-refractivity contribution in [2.24, 2.45) is 0 Å².